The van der Waals surface area contributed by atoms with Crippen LogP contribution in [0.5, 0.6) is 0 Å². The van der Waals surface area contributed by atoms with Crippen molar-refractivity contribution in [3.63, 3.8) is 0 Å². The molecule has 4 amide bonds. The lowest BCUT2D eigenvalue weighted by Crippen LogP contribution is -2.42. The molecule has 1 spiro atoms. The van der Waals surface area contributed by atoms with Crippen LogP contribution in [-0.4, -0.2) is 17.6 Å². The van der Waals surface area contributed by atoms with Gasteiger partial charge in [-0.3, -0.25) is 0 Å². The van der Waals surface area contributed by atoms with Gasteiger partial charge >= 0.3 is 12.1 Å². The molecule has 1 aliphatic carbocycles. The van der Waals surface area contributed by atoms with E-state index in [2.05, 4.69) is 27.8 Å². The molecule has 0 bridgehead atoms. The van der Waals surface area contributed by atoms with E-state index in [0.717, 1.165) is 29.3 Å². The summed E-state index contributed by atoms with van der Waals surface area (Å²) in [4.78, 5) is 23.7. The Bertz CT molecular complexity index is 987. The van der Waals surface area contributed by atoms with Crippen molar-refractivity contribution >= 4 is 17.7 Å². The van der Waals surface area contributed by atoms with Crippen LogP contribution in [0.1, 0.15) is 16.7 Å². The van der Waals surface area contributed by atoms with Crippen LogP contribution in [0.15, 0.2) is 48.7 Å². The van der Waals surface area contributed by atoms with Crippen LogP contribution in [0.4, 0.5) is 24.1 Å². The first kappa shape index (κ1) is 18.0. The summed E-state index contributed by atoms with van der Waals surface area (Å²) in [7, 11) is 0. The first-order chi connectivity index (χ1) is 13.3. The maximum atomic E-state index is 13.2. The molecule has 4 rings (SSSR count). The maximum Gasteiger partial charge on any atom is 0.319 e. The number of benzene rings is 2. The third-order valence-electron chi connectivity index (χ3n) is 5.02. The van der Waals surface area contributed by atoms with Gasteiger partial charge in [-0.25, -0.2) is 18.4 Å². The second-order valence-corrected chi connectivity index (χ2v) is 7.06. The molecule has 0 saturated carbocycles. The standard InChI is InChI=1S/C20H18F2N4O2/c1-11-20(26-19(28)24-11)8-13-2-3-17(6-14(13)9-20)25-18(27)23-10-12-4-15(21)7-16(22)5-12/h2-7H,1,8-10H2,(H2,23,25,27)(H2,24,26,28). The minimum atomic E-state index is -0.695. The number of fused-ring (bicyclic) bond motifs is 1. The Morgan fingerprint density at radius 3 is 2.50 bits per heavy atom. The third-order valence-corrected chi connectivity index (χ3v) is 5.02. The average molecular weight is 384 g/mol. The van der Waals surface area contributed by atoms with Crippen LogP contribution in [0.2, 0.25) is 0 Å². The average Bonchev–Trinajstić information content (AvgIpc) is 3.10. The van der Waals surface area contributed by atoms with Gasteiger partial charge in [-0.2, -0.15) is 0 Å². The van der Waals surface area contributed by atoms with E-state index in [9.17, 15) is 18.4 Å². The number of carbonyl (C=O) groups is 2. The molecule has 0 aromatic heterocycles. The lowest BCUT2D eigenvalue weighted by molar-refractivity contribution is 0.244. The van der Waals surface area contributed by atoms with Gasteiger partial charge in [-0.05, 0) is 41.0 Å². The number of halogens is 2. The molecule has 8 heteroatoms. The predicted octanol–water partition coefficient (Wildman–Crippen LogP) is 2.95. The Morgan fingerprint density at radius 2 is 1.82 bits per heavy atom. The summed E-state index contributed by atoms with van der Waals surface area (Å²) >= 11 is 0. The molecule has 1 aliphatic heterocycles. The zero-order chi connectivity index (χ0) is 19.9. The normalized spacial score (nSPS) is 19.9. The Hall–Kier alpha value is -3.42. The zero-order valence-corrected chi connectivity index (χ0v) is 14.9. The first-order valence-corrected chi connectivity index (χ1v) is 8.73. The minimum absolute atomic E-state index is 0.00785. The van der Waals surface area contributed by atoms with Crippen LogP contribution in [0.25, 0.3) is 0 Å². The Balaban J connectivity index is 1.40. The molecule has 144 valence electrons. The maximum absolute atomic E-state index is 13.2. The molecular weight excluding hydrogens is 366 g/mol. The van der Waals surface area contributed by atoms with E-state index in [4.69, 9.17) is 0 Å². The van der Waals surface area contributed by atoms with Crippen molar-refractivity contribution in [2.75, 3.05) is 5.32 Å². The summed E-state index contributed by atoms with van der Waals surface area (Å²) in [6, 6.07) is 7.87. The van der Waals surface area contributed by atoms with E-state index in [-0.39, 0.29) is 12.6 Å². The first-order valence-electron chi connectivity index (χ1n) is 8.73. The summed E-state index contributed by atoms with van der Waals surface area (Å²) in [5.41, 5.74) is 3.11. The molecule has 2 aromatic carbocycles. The molecule has 1 unspecified atom stereocenters. The van der Waals surface area contributed by atoms with Crippen molar-refractivity contribution in [2.45, 2.75) is 24.9 Å². The number of carbonyl (C=O) groups excluding carboxylic acids is 2. The predicted molar refractivity (Wildman–Crippen MR) is 99.6 cm³/mol. The van der Waals surface area contributed by atoms with E-state index >= 15 is 0 Å². The van der Waals surface area contributed by atoms with Crippen LogP contribution in [-0.2, 0) is 19.4 Å². The fraction of sp³-hybridized carbons (Fsp3) is 0.200. The number of amides is 4. The van der Waals surface area contributed by atoms with Crippen LogP contribution >= 0.6 is 0 Å². The molecule has 1 heterocycles. The lowest BCUT2D eigenvalue weighted by atomic mass is 9.94. The van der Waals surface area contributed by atoms with Crippen LogP contribution in [0.3, 0.4) is 0 Å². The van der Waals surface area contributed by atoms with Gasteiger partial charge in [-0.15, -0.1) is 0 Å². The van der Waals surface area contributed by atoms with Crippen molar-refractivity contribution in [2.24, 2.45) is 0 Å². The summed E-state index contributed by atoms with van der Waals surface area (Å²) in [5.74, 6) is -1.39. The van der Waals surface area contributed by atoms with Crippen molar-refractivity contribution in [3.05, 3.63) is 77.0 Å². The molecule has 28 heavy (non-hydrogen) atoms. The highest BCUT2D eigenvalue weighted by molar-refractivity contribution is 5.89. The Morgan fingerprint density at radius 1 is 1.11 bits per heavy atom. The second-order valence-electron chi connectivity index (χ2n) is 7.06. The van der Waals surface area contributed by atoms with Crippen molar-refractivity contribution < 1.29 is 18.4 Å². The second kappa shape index (κ2) is 6.63. The topological polar surface area (TPSA) is 82.3 Å². The van der Waals surface area contributed by atoms with Gasteiger partial charge in [0, 0.05) is 36.8 Å². The third kappa shape index (κ3) is 3.40. The molecule has 6 nitrogen and oxygen atoms in total. The number of urea groups is 2. The smallest absolute Gasteiger partial charge is 0.319 e. The van der Waals surface area contributed by atoms with Gasteiger partial charge in [0.1, 0.15) is 11.6 Å². The van der Waals surface area contributed by atoms with Gasteiger partial charge in [0.2, 0.25) is 0 Å². The summed E-state index contributed by atoms with van der Waals surface area (Å²) < 4.78 is 26.4. The quantitative estimate of drug-likeness (QED) is 0.656. The monoisotopic (exact) mass is 384 g/mol. The van der Waals surface area contributed by atoms with Gasteiger partial charge in [-0.1, -0.05) is 12.6 Å². The van der Waals surface area contributed by atoms with E-state index in [1.54, 1.807) is 6.07 Å². The Labute approximate surface area is 160 Å². The van der Waals surface area contributed by atoms with Crippen molar-refractivity contribution in [1.82, 2.24) is 16.0 Å². The van der Waals surface area contributed by atoms with Crippen molar-refractivity contribution in [1.29, 1.82) is 0 Å². The Kier molecular flexibility index (Phi) is 4.26. The molecular formula is C20H18F2N4O2. The van der Waals surface area contributed by atoms with E-state index in [0.29, 0.717) is 29.8 Å². The number of hydrogen-bond donors (Lipinski definition) is 4. The van der Waals surface area contributed by atoms with E-state index in [1.165, 1.54) is 0 Å². The largest absolute Gasteiger partial charge is 0.334 e. The van der Waals surface area contributed by atoms with E-state index in [1.807, 2.05) is 12.1 Å². The summed E-state index contributed by atoms with van der Waals surface area (Å²) in [6.45, 7) is 3.92. The van der Waals surface area contributed by atoms with Gasteiger partial charge < -0.3 is 21.3 Å². The molecule has 1 fully saturated rings. The van der Waals surface area contributed by atoms with Crippen LogP contribution in [0, 0.1) is 11.6 Å². The fourth-order valence-corrected chi connectivity index (χ4v) is 3.71. The van der Waals surface area contributed by atoms with Crippen molar-refractivity contribution in [3.8, 4) is 0 Å². The SMILES string of the molecule is C=C1NC(=O)NC12Cc1ccc(NC(=O)NCc3cc(F)cc(F)c3)cc1C2. The molecule has 2 aromatic rings. The number of hydrogen-bond acceptors (Lipinski definition) is 2. The fourth-order valence-electron chi connectivity index (χ4n) is 3.71. The number of rotatable bonds is 3. The van der Waals surface area contributed by atoms with Gasteiger partial charge in [0.15, 0.2) is 0 Å². The molecule has 0 radical (unpaired) electrons. The minimum Gasteiger partial charge on any atom is -0.334 e. The highest BCUT2D eigenvalue weighted by Crippen LogP contribution is 2.37. The summed E-state index contributed by atoms with van der Waals surface area (Å²) in [6.07, 6.45) is 1.22. The highest BCUT2D eigenvalue weighted by atomic mass is 19.1. The molecule has 1 saturated heterocycles. The number of anilines is 1. The molecule has 2 aliphatic rings. The molecule has 4 N–H and O–H groups in total. The molecule has 1 atom stereocenters. The highest BCUT2D eigenvalue weighted by Gasteiger charge is 2.45. The summed E-state index contributed by atoms with van der Waals surface area (Å²) in [5, 5.41) is 10.9. The van der Waals surface area contributed by atoms with Gasteiger partial charge in [0.25, 0.3) is 0 Å². The number of nitrogens with one attached hydrogen (secondary N) is 4. The zero-order valence-electron chi connectivity index (χ0n) is 14.9. The van der Waals surface area contributed by atoms with Crippen LogP contribution < -0.4 is 21.3 Å². The van der Waals surface area contributed by atoms with E-state index < -0.39 is 23.2 Å². The van der Waals surface area contributed by atoms with Gasteiger partial charge in [0.05, 0.1) is 5.54 Å². The lowest BCUT2D eigenvalue weighted by Gasteiger charge is -2.22.